The molecule has 11 nitrogen and oxygen atoms in total. The van der Waals surface area contributed by atoms with E-state index >= 15 is 0 Å². The standard InChI is InChI=1S/C36H35FN2O9S/c1-6-45-29-18-24(11-15-27(29)48-20-31(40)44-5)33-32(35(42)46-7-2)21(3)38-36-39(33)34(41)30(49-36)17-23-10-14-26(28(16-23)43-4)47-19-22-8-12-25(37)13-9-22/h8-18,33H,6-7,19-20H2,1-5H3/b30-17-/t33-/m0/s1. The van der Waals surface area contributed by atoms with Crippen LogP contribution in [-0.2, 0) is 25.7 Å². The lowest BCUT2D eigenvalue weighted by atomic mass is 9.95. The van der Waals surface area contributed by atoms with Crippen LogP contribution in [0.4, 0.5) is 4.39 Å². The highest BCUT2D eigenvalue weighted by molar-refractivity contribution is 7.07. The molecule has 5 rings (SSSR count). The summed E-state index contributed by atoms with van der Waals surface area (Å²) in [5, 5.41) is 0. The predicted molar refractivity (Wildman–Crippen MR) is 179 cm³/mol. The fourth-order valence-corrected chi connectivity index (χ4v) is 6.22. The van der Waals surface area contributed by atoms with Crippen molar-refractivity contribution < 1.29 is 42.4 Å². The van der Waals surface area contributed by atoms with Crippen molar-refractivity contribution in [3.63, 3.8) is 0 Å². The third-order valence-corrected chi connectivity index (χ3v) is 8.45. The van der Waals surface area contributed by atoms with Gasteiger partial charge in [-0.05, 0) is 79.9 Å². The monoisotopic (exact) mass is 690 g/mol. The lowest BCUT2D eigenvalue weighted by Gasteiger charge is -2.25. The molecule has 0 amide bonds. The number of carbonyl (C=O) groups excluding carboxylic acids is 2. The molecule has 49 heavy (non-hydrogen) atoms. The molecule has 0 saturated carbocycles. The maximum atomic E-state index is 14.1. The van der Waals surface area contributed by atoms with Gasteiger partial charge < -0.3 is 28.4 Å². The Bertz CT molecular complexity index is 2070. The van der Waals surface area contributed by atoms with Gasteiger partial charge in [0.15, 0.2) is 34.4 Å². The second-order valence-electron chi connectivity index (χ2n) is 10.6. The first-order valence-electron chi connectivity index (χ1n) is 15.4. The minimum absolute atomic E-state index is 0.128. The second kappa shape index (κ2) is 15.6. The summed E-state index contributed by atoms with van der Waals surface area (Å²) in [5.74, 6) is 0.0343. The number of halogens is 1. The molecule has 2 heterocycles. The van der Waals surface area contributed by atoms with Crippen molar-refractivity contribution in [2.45, 2.75) is 33.4 Å². The number of nitrogens with zero attached hydrogens (tertiary/aromatic N) is 2. The first kappa shape index (κ1) is 34.9. The predicted octanol–water partition coefficient (Wildman–Crippen LogP) is 4.48. The minimum Gasteiger partial charge on any atom is -0.493 e. The summed E-state index contributed by atoms with van der Waals surface area (Å²) in [4.78, 5) is 44.2. The largest absolute Gasteiger partial charge is 0.493 e. The molecule has 0 unspecified atom stereocenters. The summed E-state index contributed by atoms with van der Waals surface area (Å²) < 4.78 is 48.1. The van der Waals surface area contributed by atoms with Crippen LogP contribution in [0.1, 0.15) is 43.5 Å². The van der Waals surface area contributed by atoms with E-state index in [1.165, 1.54) is 42.3 Å². The Morgan fingerprint density at radius 2 is 1.65 bits per heavy atom. The molecule has 0 aliphatic carbocycles. The molecule has 0 fully saturated rings. The van der Waals surface area contributed by atoms with Crippen molar-refractivity contribution in [1.82, 2.24) is 4.57 Å². The summed E-state index contributed by atoms with van der Waals surface area (Å²) in [6, 6.07) is 15.4. The molecular formula is C36H35FN2O9S. The maximum Gasteiger partial charge on any atom is 0.343 e. The molecule has 0 spiro atoms. The van der Waals surface area contributed by atoms with Crippen LogP contribution in [0.25, 0.3) is 6.08 Å². The van der Waals surface area contributed by atoms with Gasteiger partial charge in [0, 0.05) is 0 Å². The number of esters is 2. The highest BCUT2D eigenvalue weighted by Crippen LogP contribution is 2.36. The van der Waals surface area contributed by atoms with Gasteiger partial charge in [-0.1, -0.05) is 35.6 Å². The fraction of sp³-hybridized carbons (Fsp3) is 0.278. The van der Waals surface area contributed by atoms with E-state index in [2.05, 4.69) is 9.73 Å². The van der Waals surface area contributed by atoms with Crippen LogP contribution in [0.15, 0.2) is 81.7 Å². The molecule has 13 heteroatoms. The van der Waals surface area contributed by atoms with Gasteiger partial charge in [0.05, 0.1) is 49.3 Å². The summed E-state index contributed by atoms with van der Waals surface area (Å²) >= 11 is 1.18. The van der Waals surface area contributed by atoms with E-state index < -0.39 is 18.0 Å². The second-order valence-corrected chi connectivity index (χ2v) is 11.6. The van der Waals surface area contributed by atoms with Crippen molar-refractivity contribution in [2.75, 3.05) is 34.0 Å². The Morgan fingerprint density at radius 1 is 0.918 bits per heavy atom. The van der Waals surface area contributed by atoms with Crippen molar-refractivity contribution in [1.29, 1.82) is 0 Å². The van der Waals surface area contributed by atoms with E-state index in [9.17, 15) is 18.8 Å². The normalized spacial score (nSPS) is 14.1. The number of ether oxygens (including phenoxy) is 6. The van der Waals surface area contributed by atoms with Crippen LogP contribution in [0.5, 0.6) is 23.0 Å². The zero-order valence-corrected chi connectivity index (χ0v) is 28.4. The summed E-state index contributed by atoms with van der Waals surface area (Å²) in [6.45, 7) is 5.50. The Morgan fingerprint density at radius 3 is 2.35 bits per heavy atom. The quantitative estimate of drug-likeness (QED) is 0.187. The molecule has 1 atom stereocenters. The van der Waals surface area contributed by atoms with Crippen LogP contribution >= 0.6 is 11.3 Å². The summed E-state index contributed by atoms with van der Waals surface area (Å²) in [7, 11) is 2.78. The highest BCUT2D eigenvalue weighted by atomic mass is 32.1. The van der Waals surface area contributed by atoms with Crippen LogP contribution in [0.3, 0.4) is 0 Å². The molecule has 4 aromatic rings. The molecule has 0 saturated heterocycles. The molecule has 0 N–H and O–H groups in total. The Balaban J connectivity index is 1.55. The molecule has 1 aliphatic heterocycles. The fourth-order valence-electron chi connectivity index (χ4n) is 5.17. The van der Waals surface area contributed by atoms with Crippen LogP contribution in [0, 0.1) is 5.82 Å². The molecule has 1 aromatic heterocycles. The number of methoxy groups -OCH3 is 2. The van der Waals surface area contributed by atoms with Crippen molar-refractivity contribution >= 4 is 29.4 Å². The lowest BCUT2D eigenvalue weighted by molar-refractivity contribution is -0.143. The average molecular weight is 691 g/mol. The first-order valence-corrected chi connectivity index (χ1v) is 16.2. The molecule has 256 valence electrons. The van der Waals surface area contributed by atoms with E-state index in [1.54, 1.807) is 75.4 Å². The van der Waals surface area contributed by atoms with E-state index in [0.29, 0.717) is 55.8 Å². The van der Waals surface area contributed by atoms with Crippen LogP contribution in [-0.4, -0.2) is 50.5 Å². The molecule has 0 radical (unpaired) electrons. The third-order valence-electron chi connectivity index (χ3n) is 7.47. The number of benzene rings is 3. The number of allylic oxidation sites excluding steroid dienone is 1. The third kappa shape index (κ3) is 7.83. The number of rotatable bonds is 13. The van der Waals surface area contributed by atoms with Crippen LogP contribution < -0.4 is 33.8 Å². The van der Waals surface area contributed by atoms with Gasteiger partial charge in [0.1, 0.15) is 12.4 Å². The minimum atomic E-state index is -0.900. The van der Waals surface area contributed by atoms with Gasteiger partial charge >= 0.3 is 11.9 Å². The van der Waals surface area contributed by atoms with E-state index in [4.69, 9.17) is 23.7 Å². The number of thiazole rings is 1. The van der Waals surface area contributed by atoms with Crippen molar-refractivity contribution in [3.8, 4) is 23.0 Å². The van der Waals surface area contributed by atoms with Gasteiger partial charge in [-0.3, -0.25) is 9.36 Å². The molecule has 1 aliphatic rings. The molecule has 0 bridgehead atoms. The molecular weight excluding hydrogens is 655 g/mol. The zero-order chi connectivity index (χ0) is 35.1. The number of carbonyl (C=O) groups is 2. The van der Waals surface area contributed by atoms with Gasteiger partial charge in [-0.25, -0.2) is 19.0 Å². The van der Waals surface area contributed by atoms with Gasteiger partial charge in [0.25, 0.3) is 5.56 Å². The zero-order valence-electron chi connectivity index (χ0n) is 27.6. The van der Waals surface area contributed by atoms with Gasteiger partial charge in [-0.2, -0.15) is 0 Å². The van der Waals surface area contributed by atoms with E-state index in [0.717, 1.165) is 5.56 Å². The van der Waals surface area contributed by atoms with E-state index in [1.807, 2.05) is 0 Å². The van der Waals surface area contributed by atoms with Crippen LogP contribution in [0.2, 0.25) is 0 Å². The SMILES string of the molecule is CCOC(=O)C1=C(C)N=c2s/c(=C\c3ccc(OCc4ccc(F)cc4)c(OC)c3)c(=O)n2[C@H]1c1ccc(OCC(=O)OC)c(OCC)c1. The number of hydrogen-bond donors (Lipinski definition) is 0. The number of fused-ring (bicyclic) bond motifs is 1. The number of aromatic nitrogens is 1. The maximum absolute atomic E-state index is 14.1. The first-order chi connectivity index (χ1) is 23.7. The van der Waals surface area contributed by atoms with Crippen molar-refractivity contribution in [3.05, 3.63) is 114 Å². The lowest BCUT2D eigenvalue weighted by Crippen LogP contribution is -2.40. The highest BCUT2D eigenvalue weighted by Gasteiger charge is 2.34. The Hall–Kier alpha value is -5.43. The van der Waals surface area contributed by atoms with Gasteiger partial charge in [-0.15, -0.1) is 0 Å². The van der Waals surface area contributed by atoms with E-state index in [-0.39, 0.29) is 36.8 Å². The van der Waals surface area contributed by atoms with Gasteiger partial charge in [0.2, 0.25) is 0 Å². The topological polar surface area (TPSA) is 124 Å². The Labute approximate surface area is 285 Å². The average Bonchev–Trinajstić information content (AvgIpc) is 3.40. The van der Waals surface area contributed by atoms with Crippen molar-refractivity contribution in [2.24, 2.45) is 4.99 Å². The Kier molecular flexibility index (Phi) is 11.1. The number of hydrogen-bond acceptors (Lipinski definition) is 11. The summed E-state index contributed by atoms with van der Waals surface area (Å²) in [6.07, 6.45) is 1.71. The summed E-state index contributed by atoms with van der Waals surface area (Å²) in [5.41, 5.74) is 2.24. The molecule has 3 aromatic carbocycles. The smallest absolute Gasteiger partial charge is 0.343 e.